The van der Waals surface area contributed by atoms with E-state index in [1.54, 1.807) is 6.07 Å². The van der Waals surface area contributed by atoms with E-state index in [-0.39, 0.29) is 47.9 Å². The second kappa shape index (κ2) is 7.87. The number of guanidine groups is 1. The maximum Gasteiger partial charge on any atom is 0.573 e. The van der Waals surface area contributed by atoms with Crippen molar-refractivity contribution in [2.45, 2.75) is 6.36 Å². The highest BCUT2D eigenvalue weighted by molar-refractivity contribution is 14.0. The minimum atomic E-state index is -4.76. The molecule has 1 rings (SSSR count). The number of nitrogens with two attached hydrogens (primary N) is 1. The van der Waals surface area contributed by atoms with Gasteiger partial charge in [0.1, 0.15) is 0 Å². The number of ether oxygens (including phenoxy) is 1. The third-order valence-electron chi connectivity index (χ3n) is 1.77. The molecule has 0 saturated heterocycles. The van der Waals surface area contributed by atoms with Gasteiger partial charge in [0.25, 0.3) is 0 Å². The van der Waals surface area contributed by atoms with E-state index in [1.165, 1.54) is 24.3 Å². The summed E-state index contributed by atoms with van der Waals surface area (Å²) in [6.07, 6.45) is -3.25. The SMILES string of the molecule is C=CCN=C(N)Nc1ccccc1OC(F)(F)F.I. The zero-order valence-corrected chi connectivity index (χ0v) is 12.1. The van der Waals surface area contributed by atoms with Gasteiger partial charge in [-0.15, -0.1) is 43.7 Å². The number of halogens is 4. The molecule has 1 aromatic rings. The number of rotatable bonds is 4. The molecule has 4 nitrogen and oxygen atoms in total. The van der Waals surface area contributed by atoms with Crippen LogP contribution >= 0.6 is 24.0 Å². The molecular formula is C11H13F3IN3O. The van der Waals surface area contributed by atoms with E-state index in [1.807, 2.05) is 0 Å². The van der Waals surface area contributed by atoms with Crippen LogP contribution < -0.4 is 15.8 Å². The zero-order chi connectivity index (χ0) is 13.6. The predicted molar refractivity (Wildman–Crippen MR) is 78.8 cm³/mol. The van der Waals surface area contributed by atoms with Crippen LogP contribution in [0.25, 0.3) is 0 Å². The molecule has 0 aliphatic rings. The van der Waals surface area contributed by atoms with Gasteiger partial charge < -0.3 is 15.8 Å². The van der Waals surface area contributed by atoms with Crippen molar-refractivity contribution in [1.29, 1.82) is 0 Å². The average molecular weight is 387 g/mol. The van der Waals surface area contributed by atoms with E-state index < -0.39 is 6.36 Å². The predicted octanol–water partition coefficient (Wildman–Crippen LogP) is 3.12. The molecule has 0 heterocycles. The fourth-order valence-corrected chi connectivity index (χ4v) is 1.12. The minimum Gasteiger partial charge on any atom is -0.404 e. The van der Waals surface area contributed by atoms with Crippen molar-refractivity contribution < 1.29 is 17.9 Å². The summed E-state index contributed by atoms with van der Waals surface area (Å²) in [4.78, 5) is 3.80. The van der Waals surface area contributed by atoms with Crippen LogP contribution in [0.5, 0.6) is 5.75 Å². The summed E-state index contributed by atoms with van der Waals surface area (Å²) >= 11 is 0. The van der Waals surface area contributed by atoms with Crippen LogP contribution in [0.15, 0.2) is 41.9 Å². The Bertz CT molecular complexity index is 449. The van der Waals surface area contributed by atoms with Gasteiger partial charge in [-0.1, -0.05) is 18.2 Å². The molecule has 106 valence electrons. The standard InChI is InChI=1S/C11H12F3N3O.HI/c1-2-7-16-10(15)17-8-5-3-4-6-9(8)18-11(12,13)14;/h2-6H,1,7H2,(H3,15,16,17);1H. The number of anilines is 1. The molecule has 0 amide bonds. The Hall–Kier alpha value is -1.45. The first-order valence-corrected chi connectivity index (χ1v) is 4.95. The van der Waals surface area contributed by atoms with E-state index >= 15 is 0 Å². The number of benzene rings is 1. The highest BCUT2D eigenvalue weighted by atomic mass is 127. The van der Waals surface area contributed by atoms with Crippen LogP contribution in [0.1, 0.15) is 0 Å². The Labute approximate surface area is 125 Å². The maximum absolute atomic E-state index is 12.1. The first-order valence-electron chi connectivity index (χ1n) is 4.95. The second-order valence-electron chi connectivity index (χ2n) is 3.18. The van der Waals surface area contributed by atoms with Crippen molar-refractivity contribution >= 4 is 35.6 Å². The number of nitrogens with zero attached hydrogens (tertiary/aromatic N) is 1. The average Bonchev–Trinajstić information content (AvgIpc) is 2.27. The van der Waals surface area contributed by atoms with Gasteiger partial charge in [0.15, 0.2) is 11.7 Å². The molecule has 0 saturated carbocycles. The highest BCUT2D eigenvalue weighted by Gasteiger charge is 2.32. The molecule has 0 bridgehead atoms. The topological polar surface area (TPSA) is 59.6 Å². The van der Waals surface area contributed by atoms with Crippen LogP contribution in [0.2, 0.25) is 0 Å². The number of nitrogens with one attached hydrogen (secondary N) is 1. The Morgan fingerprint density at radius 1 is 1.42 bits per heavy atom. The van der Waals surface area contributed by atoms with Gasteiger partial charge in [-0.2, -0.15) is 0 Å². The quantitative estimate of drug-likeness (QED) is 0.361. The molecule has 0 aromatic heterocycles. The summed E-state index contributed by atoms with van der Waals surface area (Å²) in [6.45, 7) is 3.71. The molecule has 3 N–H and O–H groups in total. The summed E-state index contributed by atoms with van der Waals surface area (Å²) in [5, 5.41) is 2.52. The Kier molecular flexibility index (Phi) is 7.27. The molecule has 0 radical (unpaired) electrons. The van der Waals surface area contributed by atoms with Gasteiger partial charge in [-0.05, 0) is 12.1 Å². The molecule has 8 heteroatoms. The number of aliphatic imine (C=N–C) groups is 1. The third-order valence-corrected chi connectivity index (χ3v) is 1.77. The molecule has 0 spiro atoms. The van der Waals surface area contributed by atoms with Gasteiger partial charge in [0.2, 0.25) is 0 Å². The lowest BCUT2D eigenvalue weighted by atomic mass is 10.3. The first kappa shape index (κ1) is 17.6. The largest absolute Gasteiger partial charge is 0.573 e. The van der Waals surface area contributed by atoms with E-state index in [4.69, 9.17) is 5.73 Å². The van der Waals surface area contributed by atoms with Crippen molar-refractivity contribution in [1.82, 2.24) is 0 Å². The number of alkyl halides is 3. The zero-order valence-electron chi connectivity index (χ0n) is 9.78. The lowest BCUT2D eigenvalue weighted by molar-refractivity contribution is -0.274. The van der Waals surface area contributed by atoms with Crippen LogP contribution in [0.4, 0.5) is 18.9 Å². The number of hydrogen-bond acceptors (Lipinski definition) is 2. The summed E-state index contributed by atoms with van der Waals surface area (Å²) in [5.74, 6) is -0.394. The molecule has 1 aromatic carbocycles. The molecule has 0 aliphatic heterocycles. The van der Waals surface area contributed by atoms with Gasteiger partial charge in [-0.3, -0.25) is 0 Å². The Morgan fingerprint density at radius 3 is 2.63 bits per heavy atom. The lowest BCUT2D eigenvalue weighted by Gasteiger charge is -2.13. The van der Waals surface area contributed by atoms with Gasteiger partial charge in [0.05, 0.1) is 12.2 Å². The van der Waals surface area contributed by atoms with E-state index in [2.05, 4.69) is 21.6 Å². The minimum absolute atomic E-state index is 0. The lowest BCUT2D eigenvalue weighted by Crippen LogP contribution is -2.24. The second-order valence-corrected chi connectivity index (χ2v) is 3.18. The van der Waals surface area contributed by atoms with Crippen LogP contribution in [-0.2, 0) is 0 Å². The fourth-order valence-electron chi connectivity index (χ4n) is 1.12. The van der Waals surface area contributed by atoms with Crippen LogP contribution in [0.3, 0.4) is 0 Å². The van der Waals surface area contributed by atoms with Crippen LogP contribution in [-0.4, -0.2) is 18.9 Å². The third kappa shape index (κ3) is 6.89. The Morgan fingerprint density at radius 2 is 2.05 bits per heavy atom. The summed E-state index contributed by atoms with van der Waals surface area (Å²) in [5.41, 5.74) is 5.56. The number of hydrogen-bond donors (Lipinski definition) is 2. The summed E-state index contributed by atoms with van der Waals surface area (Å²) < 4.78 is 40.3. The normalized spacial score (nSPS) is 11.4. The summed E-state index contributed by atoms with van der Waals surface area (Å²) in [7, 11) is 0. The van der Waals surface area contributed by atoms with Crippen molar-refractivity contribution in [3.63, 3.8) is 0 Å². The van der Waals surface area contributed by atoms with Crippen molar-refractivity contribution in [2.24, 2.45) is 10.7 Å². The van der Waals surface area contributed by atoms with Crippen LogP contribution in [0, 0.1) is 0 Å². The van der Waals surface area contributed by atoms with Gasteiger partial charge >= 0.3 is 6.36 Å². The first-order chi connectivity index (χ1) is 8.42. The molecule has 0 aliphatic carbocycles. The van der Waals surface area contributed by atoms with Crippen molar-refractivity contribution in [2.75, 3.05) is 11.9 Å². The maximum atomic E-state index is 12.1. The summed E-state index contributed by atoms with van der Waals surface area (Å²) in [6, 6.07) is 5.55. The molecule has 0 atom stereocenters. The van der Waals surface area contributed by atoms with E-state index in [9.17, 15) is 13.2 Å². The molecule has 19 heavy (non-hydrogen) atoms. The smallest absolute Gasteiger partial charge is 0.404 e. The molecule has 0 unspecified atom stereocenters. The van der Waals surface area contributed by atoms with E-state index in [0.29, 0.717) is 0 Å². The van der Waals surface area contributed by atoms with Gasteiger partial charge in [0, 0.05) is 0 Å². The number of para-hydroxylation sites is 2. The van der Waals surface area contributed by atoms with E-state index in [0.717, 1.165) is 0 Å². The fraction of sp³-hybridized carbons (Fsp3) is 0.182. The molecule has 0 fully saturated rings. The monoisotopic (exact) mass is 387 g/mol. The van der Waals surface area contributed by atoms with Crippen molar-refractivity contribution in [3.8, 4) is 5.75 Å². The van der Waals surface area contributed by atoms with Crippen molar-refractivity contribution in [3.05, 3.63) is 36.9 Å². The molecular weight excluding hydrogens is 374 g/mol. The Balaban J connectivity index is 0.00000324. The van der Waals surface area contributed by atoms with Gasteiger partial charge in [-0.25, -0.2) is 4.99 Å². The highest BCUT2D eigenvalue weighted by Crippen LogP contribution is 2.29.